The molecule has 0 saturated carbocycles. The summed E-state index contributed by atoms with van der Waals surface area (Å²) in [6.45, 7) is 5.33. The molecule has 2 unspecified atom stereocenters. The van der Waals surface area contributed by atoms with Crippen LogP contribution in [0.2, 0.25) is 0 Å². The van der Waals surface area contributed by atoms with Crippen molar-refractivity contribution in [3.8, 4) is 5.75 Å². The predicted molar refractivity (Wildman–Crippen MR) is 70.8 cm³/mol. The summed E-state index contributed by atoms with van der Waals surface area (Å²) in [7, 11) is 1.46. The van der Waals surface area contributed by atoms with Crippen molar-refractivity contribution in [3.63, 3.8) is 0 Å². The molecule has 5 heteroatoms. The van der Waals surface area contributed by atoms with Crippen LogP contribution in [0.25, 0.3) is 0 Å². The van der Waals surface area contributed by atoms with Crippen molar-refractivity contribution < 1.29 is 19.0 Å². The van der Waals surface area contributed by atoms with Gasteiger partial charge in [-0.15, -0.1) is 0 Å². The van der Waals surface area contributed by atoms with Crippen LogP contribution < -0.4 is 10.1 Å². The minimum Gasteiger partial charge on any atom is -0.496 e. The number of halogens is 1. The third-order valence-corrected chi connectivity index (χ3v) is 3.03. The smallest absolute Gasteiger partial charge is 0.320 e. The zero-order chi connectivity index (χ0) is 14.6. The summed E-state index contributed by atoms with van der Waals surface area (Å²) in [4.78, 5) is 11.2. The second-order valence-corrected chi connectivity index (χ2v) is 4.80. The molecule has 0 saturated heterocycles. The number of carboxylic acids is 1. The first-order valence-electron chi connectivity index (χ1n) is 6.19. The highest BCUT2D eigenvalue weighted by Crippen LogP contribution is 2.28. The number of carboxylic acid groups (broad SMARTS) is 1. The Morgan fingerprint density at radius 2 is 2.00 bits per heavy atom. The summed E-state index contributed by atoms with van der Waals surface area (Å²) < 4.78 is 19.0. The Hall–Kier alpha value is -1.62. The molecule has 2 N–H and O–H groups in total. The molecule has 0 amide bonds. The predicted octanol–water partition coefficient (Wildman–Crippen LogP) is 2.59. The number of hydrogen-bond donors (Lipinski definition) is 2. The van der Waals surface area contributed by atoms with Gasteiger partial charge in [0, 0.05) is 11.6 Å². The quantitative estimate of drug-likeness (QED) is 0.833. The van der Waals surface area contributed by atoms with Crippen molar-refractivity contribution in [2.45, 2.75) is 32.9 Å². The number of ether oxygens (including phenoxy) is 1. The summed E-state index contributed by atoms with van der Waals surface area (Å²) in [5.74, 6) is -1.05. The number of hydrogen-bond acceptors (Lipinski definition) is 3. The maximum Gasteiger partial charge on any atom is 0.320 e. The molecule has 0 aromatic heterocycles. The van der Waals surface area contributed by atoms with Gasteiger partial charge in [0.1, 0.15) is 17.6 Å². The second-order valence-electron chi connectivity index (χ2n) is 4.80. The number of aliphatic carboxylic acids is 1. The molecule has 19 heavy (non-hydrogen) atoms. The molecule has 4 nitrogen and oxygen atoms in total. The Kier molecular flexibility index (Phi) is 5.30. The average Bonchev–Trinajstić information content (AvgIpc) is 2.34. The highest BCUT2D eigenvalue weighted by molar-refractivity contribution is 5.73. The molecule has 0 heterocycles. The summed E-state index contributed by atoms with van der Waals surface area (Å²) in [5, 5.41) is 12.1. The van der Waals surface area contributed by atoms with Gasteiger partial charge in [-0.1, -0.05) is 19.9 Å². The van der Waals surface area contributed by atoms with Crippen LogP contribution in [0.5, 0.6) is 5.75 Å². The molecule has 2 atom stereocenters. The summed E-state index contributed by atoms with van der Waals surface area (Å²) in [6, 6.07) is 3.35. The Labute approximate surface area is 112 Å². The van der Waals surface area contributed by atoms with Crippen molar-refractivity contribution in [3.05, 3.63) is 29.6 Å². The van der Waals surface area contributed by atoms with Gasteiger partial charge in [-0.05, 0) is 25.0 Å². The average molecular weight is 269 g/mol. The minimum absolute atomic E-state index is 0.0993. The van der Waals surface area contributed by atoms with Gasteiger partial charge < -0.3 is 9.84 Å². The van der Waals surface area contributed by atoms with E-state index in [-0.39, 0.29) is 5.92 Å². The standard InChI is InChI=1S/C14H20FNO3/c1-8(2)13(14(17)18)16-9(3)12-10(15)6-5-7-11(12)19-4/h5-9,13,16H,1-4H3,(H,17,18). The first kappa shape index (κ1) is 15.4. The topological polar surface area (TPSA) is 58.6 Å². The van der Waals surface area contributed by atoms with E-state index < -0.39 is 23.9 Å². The number of benzene rings is 1. The molecule has 0 bridgehead atoms. The highest BCUT2D eigenvalue weighted by atomic mass is 19.1. The maximum atomic E-state index is 13.9. The lowest BCUT2D eigenvalue weighted by atomic mass is 10.0. The zero-order valence-electron chi connectivity index (χ0n) is 11.6. The van der Waals surface area contributed by atoms with Crippen LogP contribution in [0.4, 0.5) is 4.39 Å². The normalized spacial score (nSPS) is 14.2. The molecule has 1 aromatic carbocycles. The molecule has 1 aromatic rings. The molecule has 0 radical (unpaired) electrons. The van der Waals surface area contributed by atoms with Gasteiger partial charge in [-0.3, -0.25) is 10.1 Å². The van der Waals surface area contributed by atoms with Crippen LogP contribution in [0, 0.1) is 11.7 Å². The van der Waals surface area contributed by atoms with Crippen molar-refractivity contribution in [2.24, 2.45) is 5.92 Å². The van der Waals surface area contributed by atoms with E-state index in [1.54, 1.807) is 32.9 Å². The molecule has 0 aliphatic heterocycles. The fourth-order valence-electron chi connectivity index (χ4n) is 2.02. The van der Waals surface area contributed by atoms with E-state index in [1.807, 2.05) is 0 Å². The number of methoxy groups -OCH3 is 1. The summed E-state index contributed by atoms with van der Waals surface area (Å²) >= 11 is 0. The van der Waals surface area contributed by atoms with Crippen LogP contribution in [0.1, 0.15) is 32.4 Å². The lowest BCUT2D eigenvalue weighted by Gasteiger charge is -2.24. The van der Waals surface area contributed by atoms with Crippen molar-refractivity contribution in [1.29, 1.82) is 0 Å². The van der Waals surface area contributed by atoms with E-state index in [2.05, 4.69) is 5.32 Å². The Morgan fingerprint density at radius 1 is 1.37 bits per heavy atom. The lowest BCUT2D eigenvalue weighted by Crippen LogP contribution is -2.42. The Morgan fingerprint density at radius 3 is 2.47 bits per heavy atom. The van der Waals surface area contributed by atoms with Crippen molar-refractivity contribution in [2.75, 3.05) is 7.11 Å². The van der Waals surface area contributed by atoms with E-state index in [0.717, 1.165) is 0 Å². The molecule has 0 aliphatic carbocycles. The second kappa shape index (κ2) is 6.52. The maximum absolute atomic E-state index is 13.9. The minimum atomic E-state index is -0.947. The largest absolute Gasteiger partial charge is 0.496 e. The Bertz CT molecular complexity index is 448. The zero-order valence-corrected chi connectivity index (χ0v) is 11.6. The van der Waals surface area contributed by atoms with Gasteiger partial charge in [0.2, 0.25) is 0 Å². The molecule has 106 valence electrons. The fourth-order valence-corrected chi connectivity index (χ4v) is 2.02. The van der Waals surface area contributed by atoms with Crippen LogP contribution in [-0.2, 0) is 4.79 Å². The summed E-state index contributed by atoms with van der Waals surface area (Å²) in [6.07, 6.45) is 0. The molecular formula is C14H20FNO3. The molecule has 0 aliphatic rings. The number of rotatable bonds is 6. The van der Waals surface area contributed by atoms with E-state index in [1.165, 1.54) is 13.2 Å². The van der Waals surface area contributed by atoms with Gasteiger partial charge in [-0.2, -0.15) is 0 Å². The SMILES string of the molecule is COc1cccc(F)c1C(C)NC(C(=O)O)C(C)C. The monoisotopic (exact) mass is 269 g/mol. The third kappa shape index (κ3) is 3.67. The van der Waals surface area contributed by atoms with Gasteiger partial charge >= 0.3 is 5.97 Å². The van der Waals surface area contributed by atoms with E-state index >= 15 is 0 Å². The first-order valence-corrected chi connectivity index (χ1v) is 6.19. The molecule has 0 fully saturated rings. The fraction of sp³-hybridized carbons (Fsp3) is 0.500. The first-order chi connectivity index (χ1) is 8.88. The summed E-state index contributed by atoms with van der Waals surface area (Å²) in [5.41, 5.74) is 0.344. The Balaban J connectivity index is 3.00. The lowest BCUT2D eigenvalue weighted by molar-refractivity contribution is -0.140. The highest BCUT2D eigenvalue weighted by Gasteiger charge is 2.26. The van der Waals surface area contributed by atoms with Gasteiger partial charge in [0.15, 0.2) is 0 Å². The van der Waals surface area contributed by atoms with Crippen molar-refractivity contribution >= 4 is 5.97 Å². The van der Waals surface area contributed by atoms with Crippen LogP contribution >= 0.6 is 0 Å². The van der Waals surface area contributed by atoms with Crippen LogP contribution in [-0.4, -0.2) is 24.2 Å². The molecule has 0 spiro atoms. The van der Waals surface area contributed by atoms with E-state index in [0.29, 0.717) is 11.3 Å². The van der Waals surface area contributed by atoms with Gasteiger partial charge in [0.05, 0.1) is 7.11 Å². The van der Waals surface area contributed by atoms with Crippen molar-refractivity contribution in [1.82, 2.24) is 5.32 Å². The molecule has 1 rings (SSSR count). The van der Waals surface area contributed by atoms with Gasteiger partial charge in [-0.25, -0.2) is 4.39 Å². The number of carbonyl (C=O) groups is 1. The van der Waals surface area contributed by atoms with Crippen LogP contribution in [0.3, 0.4) is 0 Å². The van der Waals surface area contributed by atoms with E-state index in [9.17, 15) is 9.18 Å². The third-order valence-electron chi connectivity index (χ3n) is 3.03. The van der Waals surface area contributed by atoms with Gasteiger partial charge in [0.25, 0.3) is 0 Å². The number of nitrogens with one attached hydrogen (secondary N) is 1. The van der Waals surface area contributed by atoms with E-state index in [4.69, 9.17) is 9.84 Å². The molecular weight excluding hydrogens is 249 g/mol. The van der Waals surface area contributed by atoms with Crippen LogP contribution in [0.15, 0.2) is 18.2 Å².